The van der Waals surface area contributed by atoms with E-state index in [1.807, 2.05) is 0 Å². The number of aliphatic carboxylic acids is 1. The Bertz CT molecular complexity index is 186. The van der Waals surface area contributed by atoms with Crippen LogP contribution in [-0.2, 0) is 4.79 Å². The molecule has 0 aromatic rings. The van der Waals surface area contributed by atoms with Crippen LogP contribution in [0.15, 0.2) is 0 Å². The van der Waals surface area contributed by atoms with E-state index in [1.165, 1.54) is 0 Å². The molecule has 13 heavy (non-hydrogen) atoms. The van der Waals surface area contributed by atoms with E-state index in [2.05, 4.69) is 12.2 Å². The maximum Gasteiger partial charge on any atom is 0.323 e. The zero-order valence-corrected chi connectivity index (χ0v) is 8.05. The van der Waals surface area contributed by atoms with E-state index >= 15 is 0 Å². The van der Waals surface area contributed by atoms with Crippen LogP contribution < -0.4 is 11.1 Å². The van der Waals surface area contributed by atoms with E-state index in [0.717, 1.165) is 19.4 Å². The van der Waals surface area contributed by atoms with Gasteiger partial charge in [-0.3, -0.25) is 4.79 Å². The molecule has 1 fully saturated rings. The molecule has 4 N–H and O–H groups in total. The van der Waals surface area contributed by atoms with Gasteiger partial charge in [0.25, 0.3) is 0 Å². The van der Waals surface area contributed by atoms with E-state index in [0.29, 0.717) is 18.9 Å². The van der Waals surface area contributed by atoms with E-state index < -0.39 is 11.5 Å². The number of hydrogen-bond donors (Lipinski definition) is 3. The minimum atomic E-state index is -0.966. The van der Waals surface area contributed by atoms with Crippen LogP contribution in [0.25, 0.3) is 0 Å². The smallest absolute Gasteiger partial charge is 0.323 e. The Labute approximate surface area is 78.5 Å². The Morgan fingerprint density at radius 2 is 2.15 bits per heavy atom. The van der Waals surface area contributed by atoms with Gasteiger partial charge in [-0.25, -0.2) is 0 Å². The highest BCUT2D eigenvalue weighted by Crippen LogP contribution is 2.26. The summed E-state index contributed by atoms with van der Waals surface area (Å²) in [7, 11) is 0. The molecular weight excluding hydrogens is 168 g/mol. The summed E-state index contributed by atoms with van der Waals surface area (Å²) in [5, 5.41) is 12.2. The summed E-state index contributed by atoms with van der Waals surface area (Å²) in [4.78, 5) is 10.8. The molecule has 1 saturated carbocycles. The van der Waals surface area contributed by atoms with Gasteiger partial charge in [-0.15, -0.1) is 0 Å². The van der Waals surface area contributed by atoms with Crippen molar-refractivity contribution in [2.24, 2.45) is 5.73 Å². The molecule has 0 atom stereocenters. The van der Waals surface area contributed by atoms with E-state index in [-0.39, 0.29) is 0 Å². The SMILES string of the molecule is CCNC1CCC(N)(C(=O)O)CC1. The lowest BCUT2D eigenvalue weighted by atomic mass is 9.80. The monoisotopic (exact) mass is 186 g/mol. The minimum absolute atomic E-state index is 0.459. The van der Waals surface area contributed by atoms with Gasteiger partial charge in [-0.2, -0.15) is 0 Å². The third-order valence-corrected chi connectivity index (χ3v) is 2.80. The van der Waals surface area contributed by atoms with Crippen LogP contribution in [0.1, 0.15) is 32.6 Å². The van der Waals surface area contributed by atoms with Crippen LogP contribution in [-0.4, -0.2) is 29.2 Å². The van der Waals surface area contributed by atoms with Gasteiger partial charge in [-0.1, -0.05) is 6.92 Å². The third-order valence-electron chi connectivity index (χ3n) is 2.80. The van der Waals surface area contributed by atoms with Crippen molar-refractivity contribution in [1.29, 1.82) is 0 Å². The summed E-state index contributed by atoms with van der Waals surface area (Å²) in [5.74, 6) is -0.859. The highest BCUT2D eigenvalue weighted by Gasteiger charge is 2.37. The van der Waals surface area contributed by atoms with Gasteiger partial charge < -0.3 is 16.2 Å². The van der Waals surface area contributed by atoms with Gasteiger partial charge in [0, 0.05) is 6.04 Å². The maximum absolute atomic E-state index is 10.8. The Morgan fingerprint density at radius 3 is 2.54 bits per heavy atom. The molecule has 0 radical (unpaired) electrons. The van der Waals surface area contributed by atoms with Crippen LogP contribution in [0.2, 0.25) is 0 Å². The fourth-order valence-electron chi connectivity index (χ4n) is 1.84. The van der Waals surface area contributed by atoms with Gasteiger partial charge in [0.2, 0.25) is 0 Å². The number of nitrogens with one attached hydrogen (secondary N) is 1. The second-order valence-electron chi connectivity index (χ2n) is 3.79. The molecule has 0 heterocycles. The molecule has 0 saturated heterocycles. The number of carbonyl (C=O) groups is 1. The summed E-state index contributed by atoms with van der Waals surface area (Å²) in [6.45, 7) is 3.00. The van der Waals surface area contributed by atoms with Gasteiger partial charge in [0.1, 0.15) is 5.54 Å². The molecular formula is C9H18N2O2. The summed E-state index contributed by atoms with van der Waals surface area (Å²) in [6.07, 6.45) is 2.91. The molecule has 0 spiro atoms. The molecule has 4 heteroatoms. The Hall–Kier alpha value is -0.610. The molecule has 0 aromatic carbocycles. The Balaban J connectivity index is 2.42. The van der Waals surface area contributed by atoms with Crippen LogP contribution in [0.3, 0.4) is 0 Å². The van der Waals surface area contributed by atoms with Crippen LogP contribution in [0.4, 0.5) is 0 Å². The van der Waals surface area contributed by atoms with E-state index in [1.54, 1.807) is 0 Å². The molecule has 76 valence electrons. The quantitative estimate of drug-likeness (QED) is 0.593. The average Bonchev–Trinajstić information content (AvgIpc) is 2.09. The normalized spacial score (nSPS) is 34.5. The topological polar surface area (TPSA) is 75.3 Å². The zero-order valence-electron chi connectivity index (χ0n) is 8.05. The number of hydrogen-bond acceptors (Lipinski definition) is 3. The number of carboxylic acid groups (broad SMARTS) is 1. The average molecular weight is 186 g/mol. The lowest BCUT2D eigenvalue weighted by Crippen LogP contribution is -2.52. The van der Waals surface area contributed by atoms with Gasteiger partial charge in [0.15, 0.2) is 0 Å². The number of nitrogens with two attached hydrogens (primary N) is 1. The lowest BCUT2D eigenvalue weighted by molar-refractivity contribution is -0.144. The first-order valence-electron chi connectivity index (χ1n) is 4.84. The van der Waals surface area contributed by atoms with Crippen molar-refractivity contribution in [3.05, 3.63) is 0 Å². The molecule has 1 aliphatic rings. The third kappa shape index (κ3) is 2.42. The summed E-state index contributed by atoms with van der Waals surface area (Å²) in [6, 6.07) is 0.459. The Morgan fingerprint density at radius 1 is 1.62 bits per heavy atom. The van der Waals surface area contributed by atoms with Gasteiger partial charge in [-0.05, 0) is 32.2 Å². The molecule has 1 rings (SSSR count). The molecule has 4 nitrogen and oxygen atoms in total. The predicted octanol–water partition coefficient (Wildman–Crippen LogP) is 0.321. The van der Waals surface area contributed by atoms with Crippen LogP contribution in [0, 0.1) is 0 Å². The van der Waals surface area contributed by atoms with Crippen LogP contribution in [0.5, 0.6) is 0 Å². The molecule has 0 aromatic heterocycles. The second-order valence-corrected chi connectivity index (χ2v) is 3.79. The summed E-state index contributed by atoms with van der Waals surface area (Å²) < 4.78 is 0. The predicted molar refractivity (Wildman–Crippen MR) is 50.5 cm³/mol. The van der Waals surface area contributed by atoms with Crippen molar-refractivity contribution in [1.82, 2.24) is 5.32 Å². The summed E-state index contributed by atoms with van der Waals surface area (Å²) >= 11 is 0. The minimum Gasteiger partial charge on any atom is -0.480 e. The van der Waals surface area contributed by atoms with Gasteiger partial charge in [0.05, 0.1) is 0 Å². The summed E-state index contributed by atoms with van der Waals surface area (Å²) in [5.41, 5.74) is 4.77. The largest absolute Gasteiger partial charge is 0.480 e. The first kappa shape index (κ1) is 10.5. The standard InChI is InChI=1S/C9H18N2O2/c1-2-11-7-3-5-9(10,6-4-7)8(12)13/h7,11H,2-6,10H2,1H3,(H,12,13). The van der Waals surface area contributed by atoms with Crippen molar-refractivity contribution >= 4 is 5.97 Å². The lowest BCUT2D eigenvalue weighted by Gasteiger charge is -2.33. The van der Waals surface area contributed by atoms with Gasteiger partial charge >= 0.3 is 5.97 Å². The van der Waals surface area contributed by atoms with Crippen molar-refractivity contribution < 1.29 is 9.90 Å². The van der Waals surface area contributed by atoms with E-state index in [9.17, 15) is 4.79 Å². The zero-order chi connectivity index (χ0) is 9.90. The first-order chi connectivity index (χ1) is 6.08. The molecule has 1 aliphatic carbocycles. The highest BCUT2D eigenvalue weighted by atomic mass is 16.4. The van der Waals surface area contributed by atoms with E-state index in [4.69, 9.17) is 10.8 Å². The van der Waals surface area contributed by atoms with Crippen molar-refractivity contribution in [3.8, 4) is 0 Å². The van der Waals surface area contributed by atoms with Crippen molar-refractivity contribution in [2.45, 2.75) is 44.2 Å². The van der Waals surface area contributed by atoms with Crippen molar-refractivity contribution in [2.75, 3.05) is 6.54 Å². The molecule has 0 aliphatic heterocycles. The number of carboxylic acids is 1. The second kappa shape index (κ2) is 4.07. The molecule has 0 amide bonds. The van der Waals surface area contributed by atoms with Crippen molar-refractivity contribution in [3.63, 3.8) is 0 Å². The molecule has 0 bridgehead atoms. The number of rotatable bonds is 3. The fourth-order valence-corrected chi connectivity index (χ4v) is 1.84. The first-order valence-corrected chi connectivity index (χ1v) is 4.84. The maximum atomic E-state index is 10.8. The fraction of sp³-hybridized carbons (Fsp3) is 0.889. The highest BCUT2D eigenvalue weighted by molar-refractivity contribution is 5.78. The Kier molecular flexibility index (Phi) is 3.27. The van der Waals surface area contributed by atoms with Crippen LogP contribution >= 0.6 is 0 Å². The molecule has 0 unspecified atom stereocenters.